The second-order valence-corrected chi connectivity index (χ2v) is 9.51. The molecule has 2 aromatic rings. The number of hydrogen-bond acceptors (Lipinski definition) is 8. The van der Waals surface area contributed by atoms with Gasteiger partial charge in [-0.05, 0) is 43.9 Å². The molecule has 2 rings (SSSR count). The van der Waals surface area contributed by atoms with Crippen molar-refractivity contribution in [1.29, 1.82) is 0 Å². The second-order valence-electron chi connectivity index (χ2n) is 9.51. The monoisotopic (exact) mass is 576 g/mol. The molecule has 0 fully saturated rings. The lowest BCUT2D eigenvalue weighted by atomic mass is 10.0. The standard InChI is InChI=1S/C26H36N6O9/c27-10-4-3-7-18(30-23(37)16(28)12-22(35)36)24(38)32-20(11-14-13-29-17-6-2-1-5-15(14)17)25(39)31-19(26(40)41)8-9-21(33)34/h1-2,5-6,13,16,18-20,29H,3-4,7-12,27-28H2,(H,30,37)(H,31,39)(H,32,38)(H,33,34)(H,35,36)(H,40,41). The van der Waals surface area contributed by atoms with Crippen molar-refractivity contribution < 1.29 is 44.1 Å². The van der Waals surface area contributed by atoms with Gasteiger partial charge in [-0.2, -0.15) is 0 Å². The molecule has 0 spiro atoms. The Morgan fingerprint density at radius 3 is 2.07 bits per heavy atom. The maximum Gasteiger partial charge on any atom is 0.326 e. The normalized spacial score (nSPS) is 13.9. The van der Waals surface area contributed by atoms with Gasteiger partial charge >= 0.3 is 17.9 Å². The Bertz CT molecular complexity index is 1250. The summed E-state index contributed by atoms with van der Waals surface area (Å²) < 4.78 is 0. The van der Waals surface area contributed by atoms with E-state index in [1.54, 1.807) is 24.4 Å². The molecule has 41 heavy (non-hydrogen) atoms. The number of nitrogens with two attached hydrogens (primary N) is 2. The van der Waals surface area contributed by atoms with Gasteiger partial charge in [0.15, 0.2) is 0 Å². The summed E-state index contributed by atoms with van der Waals surface area (Å²) in [5.74, 6) is -6.53. The first-order valence-corrected chi connectivity index (χ1v) is 13.0. The molecule has 1 aromatic carbocycles. The van der Waals surface area contributed by atoms with Crippen molar-refractivity contribution in [3.05, 3.63) is 36.0 Å². The third-order valence-corrected chi connectivity index (χ3v) is 6.30. The molecule has 0 saturated carbocycles. The van der Waals surface area contributed by atoms with Crippen LogP contribution in [0.5, 0.6) is 0 Å². The van der Waals surface area contributed by atoms with Crippen molar-refractivity contribution in [3.63, 3.8) is 0 Å². The van der Waals surface area contributed by atoms with Crippen LogP contribution in [0.1, 0.15) is 44.1 Å². The van der Waals surface area contributed by atoms with E-state index in [0.717, 1.165) is 10.9 Å². The lowest BCUT2D eigenvalue weighted by Gasteiger charge is -2.25. The van der Waals surface area contributed by atoms with Crippen LogP contribution in [0, 0.1) is 0 Å². The molecule has 11 N–H and O–H groups in total. The Labute approximate surface area is 235 Å². The van der Waals surface area contributed by atoms with Crippen molar-refractivity contribution in [2.45, 2.75) is 69.1 Å². The van der Waals surface area contributed by atoms with Crippen LogP contribution in [-0.4, -0.2) is 86.6 Å². The zero-order valence-corrected chi connectivity index (χ0v) is 22.3. The SMILES string of the molecule is NCCCCC(NC(=O)C(N)CC(=O)O)C(=O)NC(Cc1c[nH]c2ccccc12)C(=O)NC(CCC(=O)O)C(=O)O. The van der Waals surface area contributed by atoms with E-state index in [9.17, 15) is 33.9 Å². The summed E-state index contributed by atoms with van der Waals surface area (Å²) in [5.41, 5.74) is 12.6. The van der Waals surface area contributed by atoms with Crippen molar-refractivity contribution >= 4 is 46.5 Å². The van der Waals surface area contributed by atoms with Crippen LogP contribution in [0.2, 0.25) is 0 Å². The molecule has 4 unspecified atom stereocenters. The lowest BCUT2D eigenvalue weighted by Crippen LogP contribution is -2.57. The van der Waals surface area contributed by atoms with E-state index < -0.39 is 72.6 Å². The molecule has 15 heteroatoms. The van der Waals surface area contributed by atoms with Crippen LogP contribution < -0.4 is 27.4 Å². The number of rotatable bonds is 18. The van der Waals surface area contributed by atoms with Gasteiger partial charge in [0, 0.05) is 29.9 Å². The highest BCUT2D eigenvalue weighted by Gasteiger charge is 2.31. The number of hydrogen-bond donors (Lipinski definition) is 9. The number of unbranched alkanes of at least 4 members (excludes halogenated alkanes) is 1. The van der Waals surface area contributed by atoms with Crippen molar-refractivity contribution in [2.24, 2.45) is 11.5 Å². The van der Waals surface area contributed by atoms with E-state index in [2.05, 4.69) is 20.9 Å². The summed E-state index contributed by atoms with van der Waals surface area (Å²) in [7, 11) is 0. The smallest absolute Gasteiger partial charge is 0.326 e. The zero-order chi connectivity index (χ0) is 30.5. The Morgan fingerprint density at radius 2 is 1.44 bits per heavy atom. The van der Waals surface area contributed by atoms with Crippen molar-refractivity contribution in [1.82, 2.24) is 20.9 Å². The number of aromatic amines is 1. The van der Waals surface area contributed by atoms with Gasteiger partial charge in [-0.25, -0.2) is 4.79 Å². The fraction of sp³-hybridized carbons (Fsp3) is 0.462. The van der Waals surface area contributed by atoms with Gasteiger partial charge < -0.3 is 47.7 Å². The van der Waals surface area contributed by atoms with E-state index in [0.29, 0.717) is 24.9 Å². The summed E-state index contributed by atoms with van der Waals surface area (Å²) in [6.45, 7) is 0.319. The van der Waals surface area contributed by atoms with Gasteiger partial charge in [0.2, 0.25) is 17.7 Å². The molecular formula is C26H36N6O9. The Balaban J connectivity index is 2.32. The topological polar surface area (TPSA) is 267 Å². The lowest BCUT2D eigenvalue weighted by molar-refractivity contribution is -0.143. The van der Waals surface area contributed by atoms with Crippen LogP contribution in [0.15, 0.2) is 30.5 Å². The summed E-state index contributed by atoms with van der Waals surface area (Å²) >= 11 is 0. The zero-order valence-electron chi connectivity index (χ0n) is 22.3. The number of benzene rings is 1. The average molecular weight is 577 g/mol. The molecule has 0 bridgehead atoms. The average Bonchev–Trinajstić information content (AvgIpc) is 3.31. The summed E-state index contributed by atoms with van der Waals surface area (Å²) in [6.07, 6.45) is 1.04. The van der Waals surface area contributed by atoms with Gasteiger partial charge in [-0.3, -0.25) is 24.0 Å². The molecule has 1 aromatic heterocycles. The van der Waals surface area contributed by atoms with E-state index >= 15 is 0 Å². The largest absolute Gasteiger partial charge is 0.481 e. The van der Waals surface area contributed by atoms with Crippen LogP contribution in [0.3, 0.4) is 0 Å². The fourth-order valence-corrected chi connectivity index (χ4v) is 4.12. The highest BCUT2D eigenvalue weighted by Crippen LogP contribution is 2.19. The first kappa shape index (κ1) is 32.7. The van der Waals surface area contributed by atoms with E-state index in [-0.39, 0.29) is 19.3 Å². The van der Waals surface area contributed by atoms with Crippen LogP contribution in [-0.2, 0) is 35.2 Å². The summed E-state index contributed by atoms with van der Waals surface area (Å²) in [4.78, 5) is 75.8. The second kappa shape index (κ2) is 15.9. The number of para-hydroxylation sites is 1. The molecule has 0 aliphatic rings. The van der Waals surface area contributed by atoms with Crippen molar-refractivity contribution in [3.8, 4) is 0 Å². The first-order chi connectivity index (χ1) is 19.4. The molecule has 1 heterocycles. The summed E-state index contributed by atoms with van der Waals surface area (Å²) in [5, 5.41) is 35.4. The highest BCUT2D eigenvalue weighted by atomic mass is 16.4. The minimum atomic E-state index is -1.53. The number of aliphatic carboxylic acids is 3. The molecule has 224 valence electrons. The fourth-order valence-electron chi connectivity index (χ4n) is 4.12. The number of H-pyrrole nitrogens is 1. The van der Waals surface area contributed by atoms with Gasteiger partial charge in [0.1, 0.15) is 18.1 Å². The minimum absolute atomic E-state index is 0.0746. The predicted octanol–water partition coefficient (Wildman–Crippen LogP) is -0.955. The van der Waals surface area contributed by atoms with Crippen LogP contribution in [0.25, 0.3) is 10.9 Å². The first-order valence-electron chi connectivity index (χ1n) is 13.0. The Kier molecular flexibility index (Phi) is 12.7. The van der Waals surface area contributed by atoms with Gasteiger partial charge in [0.25, 0.3) is 0 Å². The van der Waals surface area contributed by atoms with Crippen molar-refractivity contribution in [2.75, 3.05) is 6.54 Å². The number of fused-ring (bicyclic) bond motifs is 1. The molecule has 0 aliphatic heterocycles. The number of carboxylic acid groups (broad SMARTS) is 3. The number of carbonyl (C=O) groups excluding carboxylic acids is 3. The number of amides is 3. The van der Waals surface area contributed by atoms with E-state index in [1.165, 1.54) is 0 Å². The van der Waals surface area contributed by atoms with Gasteiger partial charge in [-0.1, -0.05) is 18.2 Å². The van der Waals surface area contributed by atoms with E-state index in [4.69, 9.17) is 21.7 Å². The molecular weight excluding hydrogens is 540 g/mol. The number of aromatic nitrogens is 1. The predicted molar refractivity (Wildman–Crippen MR) is 145 cm³/mol. The molecule has 4 atom stereocenters. The molecule has 15 nitrogen and oxygen atoms in total. The Hall–Kier alpha value is -4.50. The van der Waals surface area contributed by atoms with Crippen LogP contribution in [0.4, 0.5) is 0 Å². The minimum Gasteiger partial charge on any atom is -0.481 e. The van der Waals surface area contributed by atoms with E-state index in [1.807, 2.05) is 6.07 Å². The third kappa shape index (κ3) is 10.5. The molecule has 0 radical (unpaired) electrons. The molecule has 0 aliphatic carbocycles. The third-order valence-electron chi connectivity index (χ3n) is 6.30. The molecule has 0 saturated heterocycles. The number of carboxylic acids is 3. The van der Waals surface area contributed by atoms with Crippen LogP contribution >= 0.6 is 0 Å². The molecule has 3 amide bonds. The van der Waals surface area contributed by atoms with Gasteiger partial charge in [0.05, 0.1) is 12.5 Å². The Morgan fingerprint density at radius 1 is 0.805 bits per heavy atom. The maximum absolute atomic E-state index is 13.4. The maximum atomic E-state index is 13.4. The summed E-state index contributed by atoms with van der Waals surface area (Å²) in [6, 6.07) is 1.71. The highest BCUT2D eigenvalue weighted by molar-refractivity contribution is 5.95. The number of carbonyl (C=O) groups is 6. The number of nitrogens with one attached hydrogen (secondary N) is 4. The quantitative estimate of drug-likeness (QED) is 0.0976. The van der Waals surface area contributed by atoms with Gasteiger partial charge in [-0.15, -0.1) is 0 Å².